The minimum Gasteiger partial charge on any atom is -0.493 e. The molecule has 3 rings (SSSR count). The van der Waals surface area contributed by atoms with Gasteiger partial charge in [0.25, 0.3) is 5.91 Å². The Morgan fingerprint density at radius 2 is 1.74 bits per heavy atom. The molecule has 0 aliphatic carbocycles. The van der Waals surface area contributed by atoms with E-state index in [1.807, 2.05) is 44.2 Å². The summed E-state index contributed by atoms with van der Waals surface area (Å²) in [6.07, 6.45) is 2.20. The maximum atomic E-state index is 12.5. The summed E-state index contributed by atoms with van der Waals surface area (Å²) in [6, 6.07) is 14.5. The van der Waals surface area contributed by atoms with Crippen LogP contribution in [0.1, 0.15) is 24.4 Å². The standard InChI is InChI=1S/C25H26N4O5S/c1-4-23-28-29-25(35-23)27-24(30)18(16-26)14-17-10-11-21(22(15-17)32-5-2)34-13-12-33-20-9-7-6-8-19(20)31-3/h6-11,14-15H,4-5,12-13H2,1-3H3,(H,27,29,30). The first-order valence-electron chi connectivity index (χ1n) is 11.0. The second-order valence-corrected chi connectivity index (χ2v) is 8.03. The normalized spacial score (nSPS) is 10.9. The predicted octanol–water partition coefficient (Wildman–Crippen LogP) is 4.51. The number of ether oxygens (including phenoxy) is 4. The first-order valence-corrected chi connectivity index (χ1v) is 11.8. The number of aryl methyl sites for hydroxylation is 1. The van der Waals surface area contributed by atoms with E-state index in [1.54, 1.807) is 25.3 Å². The third kappa shape index (κ3) is 7.19. The summed E-state index contributed by atoms with van der Waals surface area (Å²) in [6.45, 7) is 4.81. The van der Waals surface area contributed by atoms with Crippen molar-refractivity contribution in [3.05, 3.63) is 58.6 Å². The topological polar surface area (TPSA) is 116 Å². The average molecular weight is 495 g/mol. The molecule has 0 aliphatic rings. The van der Waals surface area contributed by atoms with E-state index in [0.29, 0.717) is 46.9 Å². The number of benzene rings is 2. The Morgan fingerprint density at radius 3 is 2.37 bits per heavy atom. The number of hydrogen-bond acceptors (Lipinski definition) is 9. The van der Waals surface area contributed by atoms with E-state index >= 15 is 0 Å². The second-order valence-electron chi connectivity index (χ2n) is 6.97. The number of rotatable bonds is 12. The van der Waals surface area contributed by atoms with Crippen molar-refractivity contribution >= 4 is 28.5 Å². The lowest BCUT2D eigenvalue weighted by Gasteiger charge is -2.14. The number of aromatic nitrogens is 2. The lowest BCUT2D eigenvalue weighted by molar-refractivity contribution is -0.112. The predicted molar refractivity (Wildman–Crippen MR) is 133 cm³/mol. The van der Waals surface area contributed by atoms with Crippen molar-refractivity contribution in [2.75, 3.05) is 32.2 Å². The van der Waals surface area contributed by atoms with Gasteiger partial charge in [0.2, 0.25) is 5.13 Å². The van der Waals surface area contributed by atoms with Gasteiger partial charge < -0.3 is 18.9 Å². The van der Waals surface area contributed by atoms with Crippen LogP contribution < -0.4 is 24.3 Å². The van der Waals surface area contributed by atoms with E-state index in [1.165, 1.54) is 17.4 Å². The number of amides is 1. The minimum atomic E-state index is -0.557. The Bertz CT molecular complexity index is 1220. The van der Waals surface area contributed by atoms with E-state index in [0.717, 1.165) is 11.4 Å². The van der Waals surface area contributed by atoms with Crippen LogP contribution in [0.25, 0.3) is 6.08 Å². The van der Waals surface area contributed by atoms with Gasteiger partial charge in [-0.25, -0.2) is 0 Å². The largest absolute Gasteiger partial charge is 0.493 e. The highest BCUT2D eigenvalue weighted by Crippen LogP contribution is 2.30. The molecule has 0 bridgehead atoms. The molecule has 0 aliphatic heterocycles. The number of para-hydroxylation sites is 2. The van der Waals surface area contributed by atoms with Crippen LogP contribution in [0, 0.1) is 11.3 Å². The van der Waals surface area contributed by atoms with Gasteiger partial charge in [-0.05, 0) is 49.2 Å². The molecule has 1 amide bonds. The summed E-state index contributed by atoms with van der Waals surface area (Å²) >= 11 is 1.27. The van der Waals surface area contributed by atoms with Gasteiger partial charge in [0.15, 0.2) is 23.0 Å². The Labute approximate surface area is 207 Å². The zero-order chi connectivity index (χ0) is 25.0. The van der Waals surface area contributed by atoms with Crippen molar-refractivity contribution in [3.63, 3.8) is 0 Å². The van der Waals surface area contributed by atoms with Gasteiger partial charge in [-0.2, -0.15) is 5.26 Å². The lowest BCUT2D eigenvalue weighted by atomic mass is 10.1. The molecule has 35 heavy (non-hydrogen) atoms. The molecule has 3 aromatic rings. The van der Waals surface area contributed by atoms with Gasteiger partial charge in [-0.1, -0.05) is 36.5 Å². The van der Waals surface area contributed by atoms with Crippen LogP contribution in [-0.2, 0) is 11.2 Å². The molecule has 10 heteroatoms. The fourth-order valence-electron chi connectivity index (χ4n) is 2.97. The Morgan fingerprint density at radius 1 is 1.03 bits per heavy atom. The third-order valence-electron chi connectivity index (χ3n) is 4.60. The molecule has 0 saturated carbocycles. The van der Waals surface area contributed by atoms with Crippen LogP contribution in [0.5, 0.6) is 23.0 Å². The minimum absolute atomic E-state index is 0.0698. The SMILES string of the molecule is CCOc1cc(C=C(C#N)C(=O)Nc2nnc(CC)s2)ccc1OCCOc1ccccc1OC. The summed E-state index contributed by atoms with van der Waals surface area (Å²) in [4.78, 5) is 12.5. The summed E-state index contributed by atoms with van der Waals surface area (Å²) in [5.74, 6) is 1.74. The number of carbonyl (C=O) groups excluding carboxylic acids is 1. The van der Waals surface area contributed by atoms with Crippen LogP contribution in [0.3, 0.4) is 0 Å². The molecule has 0 unspecified atom stereocenters. The third-order valence-corrected chi connectivity index (χ3v) is 5.58. The highest BCUT2D eigenvalue weighted by atomic mass is 32.1. The number of nitriles is 1. The second kappa shape index (κ2) is 13.0. The van der Waals surface area contributed by atoms with Crippen molar-refractivity contribution < 1.29 is 23.7 Å². The maximum absolute atomic E-state index is 12.5. The molecule has 182 valence electrons. The van der Waals surface area contributed by atoms with Crippen LogP contribution in [-0.4, -0.2) is 43.0 Å². The number of anilines is 1. The zero-order valence-corrected chi connectivity index (χ0v) is 20.6. The van der Waals surface area contributed by atoms with Gasteiger partial charge in [-0.3, -0.25) is 10.1 Å². The molecular formula is C25H26N4O5S. The van der Waals surface area contributed by atoms with Crippen LogP contribution >= 0.6 is 11.3 Å². The Balaban J connectivity index is 1.66. The fourth-order valence-corrected chi connectivity index (χ4v) is 3.64. The molecule has 1 aromatic heterocycles. The quantitative estimate of drug-likeness (QED) is 0.222. The summed E-state index contributed by atoms with van der Waals surface area (Å²) < 4.78 is 22.5. The van der Waals surface area contributed by atoms with Crippen molar-refractivity contribution in [1.29, 1.82) is 5.26 Å². The molecule has 2 aromatic carbocycles. The molecule has 1 heterocycles. The molecule has 0 spiro atoms. The Hall–Kier alpha value is -4.10. The average Bonchev–Trinajstić information content (AvgIpc) is 3.34. The molecule has 0 fully saturated rings. The van der Waals surface area contributed by atoms with Gasteiger partial charge in [0.05, 0.1) is 13.7 Å². The first kappa shape index (κ1) is 25.5. The summed E-state index contributed by atoms with van der Waals surface area (Å²) in [5.41, 5.74) is 0.545. The number of carbonyl (C=O) groups is 1. The van der Waals surface area contributed by atoms with Gasteiger partial charge in [0.1, 0.15) is 29.9 Å². The van der Waals surface area contributed by atoms with Crippen LogP contribution in [0.2, 0.25) is 0 Å². The van der Waals surface area contributed by atoms with Crippen molar-refractivity contribution in [1.82, 2.24) is 10.2 Å². The lowest BCUT2D eigenvalue weighted by Crippen LogP contribution is -2.13. The van der Waals surface area contributed by atoms with Gasteiger partial charge >= 0.3 is 0 Å². The number of hydrogen-bond donors (Lipinski definition) is 1. The highest BCUT2D eigenvalue weighted by molar-refractivity contribution is 7.15. The maximum Gasteiger partial charge on any atom is 0.268 e. The highest BCUT2D eigenvalue weighted by Gasteiger charge is 2.14. The van der Waals surface area contributed by atoms with Gasteiger partial charge in [0, 0.05) is 0 Å². The van der Waals surface area contributed by atoms with E-state index in [9.17, 15) is 10.1 Å². The van der Waals surface area contributed by atoms with Crippen molar-refractivity contribution in [3.8, 4) is 29.1 Å². The molecule has 0 radical (unpaired) electrons. The monoisotopic (exact) mass is 494 g/mol. The van der Waals surface area contributed by atoms with Crippen molar-refractivity contribution in [2.45, 2.75) is 20.3 Å². The Kier molecular flexibility index (Phi) is 9.45. The molecule has 9 nitrogen and oxygen atoms in total. The summed E-state index contributed by atoms with van der Waals surface area (Å²) in [7, 11) is 1.59. The van der Waals surface area contributed by atoms with Crippen LogP contribution in [0.15, 0.2) is 48.0 Å². The first-order chi connectivity index (χ1) is 17.1. The van der Waals surface area contributed by atoms with Crippen molar-refractivity contribution in [2.24, 2.45) is 0 Å². The smallest absolute Gasteiger partial charge is 0.268 e. The van der Waals surface area contributed by atoms with E-state index in [-0.39, 0.29) is 12.2 Å². The molecule has 0 saturated heterocycles. The zero-order valence-electron chi connectivity index (χ0n) is 19.7. The summed E-state index contributed by atoms with van der Waals surface area (Å²) in [5, 5.41) is 21.1. The molecular weight excluding hydrogens is 468 g/mol. The number of methoxy groups -OCH3 is 1. The van der Waals surface area contributed by atoms with Gasteiger partial charge in [-0.15, -0.1) is 10.2 Å². The van der Waals surface area contributed by atoms with E-state index in [4.69, 9.17) is 18.9 Å². The fraction of sp³-hybridized carbons (Fsp3) is 0.280. The van der Waals surface area contributed by atoms with E-state index < -0.39 is 5.91 Å². The molecule has 1 N–H and O–H groups in total. The molecule has 0 atom stereocenters. The number of nitrogens with zero attached hydrogens (tertiary/aromatic N) is 3. The van der Waals surface area contributed by atoms with E-state index in [2.05, 4.69) is 15.5 Å². The number of nitrogens with one attached hydrogen (secondary N) is 1. The van der Waals surface area contributed by atoms with Crippen LogP contribution in [0.4, 0.5) is 5.13 Å².